The molecule has 0 N–H and O–H groups in total. The molecule has 0 spiro atoms. The van der Waals surface area contributed by atoms with Crippen molar-refractivity contribution in [2.75, 3.05) is 0 Å². The number of benzene rings is 8. The Bertz CT molecular complexity index is 3420. The Labute approximate surface area is 255 Å². The van der Waals surface area contributed by atoms with Gasteiger partial charge in [0.2, 0.25) is 0 Å². The molecule has 8 aromatic carbocycles. The minimum atomic E-state index is -0.955. The van der Waals surface area contributed by atoms with E-state index in [0.29, 0.717) is 0 Å². The van der Waals surface area contributed by atoms with Crippen LogP contribution < -0.4 is 0 Å². The molecule has 0 heterocycles. The Morgan fingerprint density at radius 1 is 0.289 bits per heavy atom. The Morgan fingerprint density at radius 3 is 1.29 bits per heavy atom. The average Bonchev–Trinajstić information content (AvgIpc) is 3.23. The fourth-order valence-electron chi connectivity index (χ4n) is 4.56. The highest BCUT2D eigenvalue weighted by atomic mass is 14.2. The monoisotopic (exact) mass is 504 g/mol. The summed E-state index contributed by atoms with van der Waals surface area (Å²) >= 11 is 0. The molecule has 176 valence electrons. The Balaban J connectivity index is 1.78. The highest BCUT2D eigenvalue weighted by Gasteiger charge is 2.17. The summed E-state index contributed by atoms with van der Waals surface area (Å²) in [5.74, 6) is 0. The molecule has 0 unspecified atom stereocenters. The van der Waals surface area contributed by atoms with Crippen molar-refractivity contribution in [3.63, 3.8) is 0 Å². The maximum Gasteiger partial charge on any atom is 0.0636 e. The molecule has 0 saturated carbocycles. The third kappa shape index (κ3) is 3.17. The molecular weight excluding hydrogens is 456 g/mol. The third-order valence-corrected chi connectivity index (χ3v) is 6.19. The Kier molecular flexibility index (Phi) is 1.81. The first-order valence-electron chi connectivity index (χ1n) is 23.2. The topological polar surface area (TPSA) is 0 Å². The van der Waals surface area contributed by atoms with E-state index in [1.165, 1.54) is 0 Å². The molecule has 0 bridgehead atoms. The lowest BCUT2D eigenvalue weighted by molar-refractivity contribution is 1.68. The number of hydrogen-bond acceptors (Lipinski definition) is 0. The summed E-state index contributed by atoms with van der Waals surface area (Å²) in [6, 6.07) is -20.9. The largest absolute Gasteiger partial charge is 0.0636 e. The normalized spacial score (nSPS) is 20.5. The van der Waals surface area contributed by atoms with E-state index in [1.54, 1.807) is 0 Å². The molecule has 0 heteroatoms. The predicted molar refractivity (Wildman–Crippen MR) is 165 cm³/mol. The van der Waals surface area contributed by atoms with Crippen molar-refractivity contribution >= 4 is 53.9 Å². The zero-order chi connectivity index (χ0) is 45.9. The lowest BCUT2D eigenvalue weighted by Gasteiger charge is -2.18. The lowest BCUT2D eigenvalue weighted by Crippen LogP contribution is -1.91. The van der Waals surface area contributed by atoms with Gasteiger partial charge in [-0.2, -0.15) is 0 Å². The van der Waals surface area contributed by atoms with Crippen LogP contribution in [0.25, 0.3) is 76.1 Å². The maximum absolute atomic E-state index is 9.69. The van der Waals surface area contributed by atoms with E-state index >= 15 is 0 Å². The second-order valence-corrected chi connectivity index (χ2v) is 8.25. The fourth-order valence-corrected chi connectivity index (χ4v) is 4.56. The zero-order valence-electron chi connectivity index (χ0n) is 43.0. The molecule has 0 amide bonds. The van der Waals surface area contributed by atoms with Gasteiger partial charge in [-0.05, 0) is 88.2 Å². The standard InChI is InChI=1S/C38H24/c1-2-11-28-23-29(21-17-25(28)9-1)37-32-13-5-7-15-34(32)38(35-16-8-6-14-33(35)37)30-22-20-27-19-18-26-10-3-4-12-31(26)36(27)24-30/h1-24H/i1D,2D,3D,4D,5D,6D,7D,8D,9D,10D,11D,12D,13D,14D,15D,16D,17D,18D,19D,20D,21D,22D,23D,24D. The SMILES string of the molecule is [2H]c1c([2H])c([2H])c2c([2H])c(-c3c4c([2H])c([2H])c([2H])c([2H])c4c(-c4c([2H])c([2H])c5c([2H])c([2H])c6c([2H])c([2H])c([2H])c([2H])c6c5c4[2H])c4c([2H])c([2H])c([2H])c([2H])c34)c([2H])c([2H])c2c1[2H]. The van der Waals surface area contributed by atoms with Crippen LogP contribution in [0.3, 0.4) is 0 Å². The van der Waals surface area contributed by atoms with Gasteiger partial charge in [-0.15, -0.1) is 0 Å². The van der Waals surface area contributed by atoms with Gasteiger partial charge in [0.1, 0.15) is 0 Å². The first kappa shape index (κ1) is 8.28. The van der Waals surface area contributed by atoms with Crippen LogP contribution in [0.5, 0.6) is 0 Å². The summed E-state index contributed by atoms with van der Waals surface area (Å²) in [5.41, 5.74) is -2.82. The first-order chi connectivity index (χ1) is 28.9. The van der Waals surface area contributed by atoms with E-state index < -0.39 is 221 Å². The molecule has 0 aliphatic rings. The van der Waals surface area contributed by atoms with Gasteiger partial charge >= 0.3 is 0 Å². The number of rotatable bonds is 2. The van der Waals surface area contributed by atoms with Gasteiger partial charge in [0.15, 0.2) is 0 Å². The van der Waals surface area contributed by atoms with Gasteiger partial charge < -0.3 is 0 Å². The molecule has 0 atom stereocenters. The van der Waals surface area contributed by atoms with E-state index in [2.05, 4.69) is 0 Å². The maximum atomic E-state index is 9.69. The van der Waals surface area contributed by atoms with Gasteiger partial charge in [0.05, 0.1) is 32.9 Å². The quantitative estimate of drug-likeness (QED) is 0.162. The van der Waals surface area contributed by atoms with Gasteiger partial charge in [-0.3, -0.25) is 0 Å². The van der Waals surface area contributed by atoms with Crippen molar-refractivity contribution in [1.29, 1.82) is 0 Å². The van der Waals surface area contributed by atoms with Crippen LogP contribution in [0.4, 0.5) is 0 Å². The van der Waals surface area contributed by atoms with Crippen LogP contribution in [0, 0.1) is 0 Å². The van der Waals surface area contributed by atoms with E-state index in [0.717, 1.165) is 0 Å². The molecule has 0 aliphatic heterocycles. The summed E-state index contributed by atoms with van der Waals surface area (Å²) in [7, 11) is 0. The molecule has 38 heavy (non-hydrogen) atoms. The van der Waals surface area contributed by atoms with Crippen molar-refractivity contribution in [3.05, 3.63) is 145 Å². The summed E-state index contributed by atoms with van der Waals surface area (Å²) in [6.45, 7) is 0. The third-order valence-electron chi connectivity index (χ3n) is 6.19. The van der Waals surface area contributed by atoms with Gasteiger partial charge in [-0.25, -0.2) is 0 Å². The molecule has 0 aromatic heterocycles. The predicted octanol–water partition coefficient (Wildman–Crippen LogP) is 10.8. The van der Waals surface area contributed by atoms with Crippen molar-refractivity contribution in [3.8, 4) is 22.3 Å². The van der Waals surface area contributed by atoms with Crippen LogP contribution in [0.1, 0.15) is 32.9 Å². The van der Waals surface area contributed by atoms with E-state index in [4.69, 9.17) is 20.6 Å². The summed E-state index contributed by atoms with van der Waals surface area (Å²) in [5, 5.41) is -6.01. The molecule has 0 aliphatic carbocycles. The summed E-state index contributed by atoms with van der Waals surface area (Å²) in [4.78, 5) is 0. The van der Waals surface area contributed by atoms with Crippen molar-refractivity contribution < 1.29 is 32.9 Å². The van der Waals surface area contributed by atoms with Crippen LogP contribution in [-0.4, -0.2) is 0 Å². The number of fused-ring (bicyclic) bond motifs is 6. The zero-order valence-corrected chi connectivity index (χ0v) is 19.0. The fraction of sp³-hybridized carbons (Fsp3) is 0. The highest BCUT2D eigenvalue weighted by Crippen LogP contribution is 2.44. The van der Waals surface area contributed by atoms with Gasteiger partial charge in [-0.1, -0.05) is 133 Å². The molecule has 0 saturated heterocycles. The average molecular weight is 505 g/mol. The molecular formula is C38H24. The van der Waals surface area contributed by atoms with Crippen molar-refractivity contribution in [2.45, 2.75) is 0 Å². The molecule has 8 rings (SSSR count). The minimum absolute atomic E-state index is 0.512. The van der Waals surface area contributed by atoms with Crippen LogP contribution >= 0.6 is 0 Å². The molecule has 0 fully saturated rings. The van der Waals surface area contributed by atoms with Gasteiger partial charge in [0.25, 0.3) is 0 Å². The van der Waals surface area contributed by atoms with E-state index in [-0.39, 0.29) is 0 Å². The molecule has 0 radical (unpaired) electrons. The number of hydrogen-bond donors (Lipinski definition) is 0. The second-order valence-electron chi connectivity index (χ2n) is 8.25. The summed E-state index contributed by atoms with van der Waals surface area (Å²) < 4.78 is 213. The Hall–Kier alpha value is -4.94. The smallest absolute Gasteiger partial charge is 0.0616 e. The first-order valence-corrected chi connectivity index (χ1v) is 11.2. The minimum Gasteiger partial charge on any atom is -0.0616 e. The van der Waals surface area contributed by atoms with Crippen LogP contribution in [0.15, 0.2) is 145 Å². The van der Waals surface area contributed by atoms with Crippen molar-refractivity contribution in [2.24, 2.45) is 0 Å². The van der Waals surface area contributed by atoms with Gasteiger partial charge in [0, 0.05) is 0 Å². The van der Waals surface area contributed by atoms with Crippen molar-refractivity contribution in [1.82, 2.24) is 0 Å². The van der Waals surface area contributed by atoms with Crippen LogP contribution in [-0.2, 0) is 0 Å². The molecule has 8 aromatic rings. The molecule has 0 nitrogen and oxygen atoms in total. The van der Waals surface area contributed by atoms with E-state index in [9.17, 15) is 12.3 Å². The highest BCUT2D eigenvalue weighted by molar-refractivity contribution is 6.22. The Morgan fingerprint density at radius 2 is 0.684 bits per heavy atom. The van der Waals surface area contributed by atoms with E-state index in [1.807, 2.05) is 0 Å². The lowest BCUT2D eigenvalue weighted by atomic mass is 9.85. The summed E-state index contributed by atoms with van der Waals surface area (Å²) in [6.07, 6.45) is 0. The van der Waals surface area contributed by atoms with Crippen LogP contribution in [0.2, 0.25) is 0 Å². The second kappa shape index (κ2) is 8.30.